The largest absolute Gasteiger partial charge is 0.489 e. The van der Waals surface area contributed by atoms with Crippen molar-refractivity contribution in [3.8, 4) is 11.4 Å². The van der Waals surface area contributed by atoms with E-state index in [1.54, 1.807) is 13.2 Å². The molecule has 0 saturated carbocycles. The molecule has 0 spiro atoms. The Kier molecular flexibility index (Phi) is 3.96. The monoisotopic (exact) mass is 347 g/mol. The number of aryl methyl sites for hydroxylation is 2. The van der Waals surface area contributed by atoms with Gasteiger partial charge < -0.3 is 4.74 Å². The topological polar surface area (TPSA) is 74.8 Å². The van der Waals surface area contributed by atoms with E-state index in [4.69, 9.17) is 4.74 Å². The van der Waals surface area contributed by atoms with Crippen molar-refractivity contribution < 1.29 is 4.74 Å². The predicted octanol–water partition coefficient (Wildman–Crippen LogP) is 2.40. The van der Waals surface area contributed by atoms with Crippen molar-refractivity contribution in [2.45, 2.75) is 13.5 Å². The molecule has 0 aliphatic carbocycles. The highest BCUT2D eigenvalue weighted by Crippen LogP contribution is 2.22. The first kappa shape index (κ1) is 16.0. The number of tetrazole rings is 1. The lowest BCUT2D eigenvalue weighted by atomic mass is 10.1. The van der Waals surface area contributed by atoms with Gasteiger partial charge in [-0.05, 0) is 47.2 Å². The Morgan fingerprint density at radius 3 is 2.77 bits per heavy atom. The van der Waals surface area contributed by atoms with Crippen LogP contribution >= 0.6 is 0 Å². The molecule has 0 unspecified atom stereocenters. The van der Waals surface area contributed by atoms with Gasteiger partial charge in [0.05, 0.1) is 11.2 Å². The van der Waals surface area contributed by atoms with E-state index < -0.39 is 0 Å². The van der Waals surface area contributed by atoms with E-state index in [1.807, 2.05) is 55.5 Å². The van der Waals surface area contributed by atoms with Gasteiger partial charge in [0.2, 0.25) is 0 Å². The van der Waals surface area contributed by atoms with Gasteiger partial charge in [0.1, 0.15) is 12.4 Å². The molecule has 0 bridgehead atoms. The number of fused-ring (bicyclic) bond motifs is 1. The van der Waals surface area contributed by atoms with Crippen molar-refractivity contribution in [1.82, 2.24) is 24.8 Å². The average molecular weight is 347 g/mol. The van der Waals surface area contributed by atoms with E-state index in [0.717, 1.165) is 27.8 Å². The third kappa shape index (κ3) is 2.83. The minimum Gasteiger partial charge on any atom is -0.489 e. The van der Waals surface area contributed by atoms with Crippen LogP contribution in [0.5, 0.6) is 5.75 Å². The molecule has 0 fully saturated rings. The number of hydrogen-bond acceptors (Lipinski definition) is 5. The highest BCUT2D eigenvalue weighted by atomic mass is 16.5. The fourth-order valence-electron chi connectivity index (χ4n) is 2.83. The number of hydrogen-bond donors (Lipinski definition) is 0. The summed E-state index contributed by atoms with van der Waals surface area (Å²) in [7, 11) is 1.57. The number of ether oxygens (including phenoxy) is 1. The first-order chi connectivity index (χ1) is 12.6. The summed E-state index contributed by atoms with van der Waals surface area (Å²) in [4.78, 5) is 16.6. The van der Waals surface area contributed by atoms with Gasteiger partial charge in [-0.25, -0.2) is 4.79 Å². The second-order valence-corrected chi connectivity index (χ2v) is 6.02. The molecule has 0 aliphatic heterocycles. The highest BCUT2D eigenvalue weighted by molar-refractivity contribution is 5.79. The lowest BCUT2D eigenvalue weighted by Gasteiger charge is -2.13. The fourth-order valence-corrected chi connectivity index (χ4v) is 2.83. The van der Waals surface area contributed by atoms with Crippen molar-refractivity contribution in [3.05, 3.63) is 76.3 Å². The summed E-state index contributed by atoms with van der Waals surface area (Å²) in [5.41, 5.74) is 3.14. The number of nitrogens with zero attached hydrogens (tertiary/aromatic N) is 5. The Balaban J connectivity index is 1.67. The molecule has 130 valence electrons. The highest BCUT2D eigenvalue weighted by Gasteiger charge is 2.13. The molecule has 7 nitrogen and oxygen atoms in total. The summed E-state index contributed by atoms with van der Waals surface area (Å²) in [6.07, 6.45) is 1.76. The molecule has 0 aliphatic rings. The zero-order valence-electron chi connectivity index (χ0n) is 14.5. The molecular formula is C19H17N5O2. The summed E-state index contributed by atoms with van der Waals surface area (Å²) in [5.74, 6) is 0.719. The minimum absolute atomic E-state index is 0.299. The van der Waals surface area contributed by atoms with Gasteiger partial charge in [-0.2, -0.15) is 9.36 Å². The molecule has 2 aromatic carbocycles. The van der Waals surface area contributed by atoms with Gasteiger partial charge in [0.25, 0.3) is 0 Å². The number of rotatable bonds is 4. The minimum atomic E-state index is -0.299. The third-order valence-corrected chi connectivity index (χ3v) is 4.30. The van der Waals surface area contributed by atoms with Crippen molar-refractivity contribution in [3.63, 3.8) is 0 Å². The molecule has 0 amide bonds. The zero-order valence-corrected chi connectivity index (χ0v) is 14.5. The quantitative estimate of drug-likeness (QED) is 0.567. The molecular weight excluding hydrogens is 330 g/mol. The van der Waals surface area contributed by atoms with Gasteiger partial charge >= 0.3 is 5.69 Å². The molecule has 0 radical (unpaired) electrons. The third-order valence-electron chi connectivity index (χ3n) is 4.30. The van der Waals surface area contributed by atoms with Crippen LogP contribution in [0.4, 0.5) is 0 Å². The predicted molar refractivity (Wildman–Crippen MR) is 97.4 cm³/mol. The number of benzene rings is 2. The number of pyridine rings is 1. The fraction of sp³-hybridized carbons (Fsp3) is 0.158. The summed E-state index contributed by atoms with van der Waals surface area (Å²) in [6, 6.07) is 15.4. The van der Waals surface area contributed by atoms with E-state index >= 15 is 0 Å². The van der Waals surface area contributed by atoms with Crippen LogP contribution in [0.1, 0.15) is 11.1 Å². The van der Waals surface area contributed by atoms with Crippen molar-refractivity contribution in [2.24, 2.45) is 7.05 Å². The Hall–Kier alpha value is -3.48. The number of aromatic nitrogens is 5. The van der Waals surface area contributed by atoms with E-state index in [-0.39, 0.29) is 5.69 Å². The van der Waals surface area contributed by atoms with Crippen molar-refractivity contribution >= 4 is 10.9 Å². The van der Waals surface area contributed by atoms with Crippen LogP contribution in [0, 0.1) is 6.92 Å². The molecule has 0 saturated heterocycles. The Bertz CT molecular complexity index is 1150. The maximum atomic E-state index is 12.2. The van der Waals surface area contributed by atoms with Crippen LogP contribution in [-0.4, -0.2) is 24.8 Å². The Morgan fingerprint density at radius 1 is 1.08 bits per heavy atom. The first-order valence-electron chi connectivity index (χ1n) is 8.19. The maximum Gasteiger partial charge on any atom is 0.368 e. The van der Waals surface area contributed by atoms with E-state index in [0.29, 0.717) is 12.3 Å². The molecule has 26 heavy (non-hydrogen) atoms. The van der Waals surface area contributed by atoms with Gasteiger partial charge in [-0.3, -0.25) is 4.98 Å². The Labute approximate surface area is 149 Å². The standard InChI is InChI=1S/C19H17N5O2/c1-13-5-3-7-18(24-19(25)23(2)21-22-24)16(13)12-26-15-9-8-14-6-4-10-20-17(14)11-15/h3-11H,12H2,1-2H3. The molecule has 4 aromatic rings. The second kappa shape index (κ2) is 6.44. The van der Waals surface area contributed by atoms with Crippen LogP contribution < -0.4 is 10.4 Å². The molecule has 0 N–H and O–H groups in total. The molecule has 7 heteroatoms. The molecule has 2 heterocycles. The molecule has 4 rings (SSSR count). The summed E-state index contributed by atoms with van der Waals surface area (Å²) in [5, 5.41) is 8.78. The Morgan fingerprint density at radius 2 is 1.96 bits per heavy atom. The lowest BCUT2D eigenvalue weighted by Crippen LogP contribution is -2.23. The van der Waals surface area contributed by atoms with Gasteiger partial charge in [0, 0.05) is 30.3 Å². The maximum absolute atomic E-state index is 12.2. The van der Waals surface area contributed by atoms with Gasteiger partial charge in [-0.1, -0.05) is 18.2 Å². The van der Waals surface area contributed by atoms with Crippen LogP contribution in [-0.2, 0) is 13.7 Å². The van der Waals surface area contributed by atoms with E-state index in [2.05, 4.69) is 15.4 Å². The molecule has 2 aromatic heterocycles. The van der Waals surface area contributed by atoms with Gasteiger partial charge in [-0.15, -0.1) is 0 Å². The smallest absolute Gasteiger partial charge is 0.368 e. The van der Waals surface area contributed by atoms with Crippen LogP contribution in [0.25, 0.3) is 16.6 Å². The zero-order chi connectivity index (χ0) is 18.1. The SMILES string of the molecule is Cc1cccc(-n2nnn(C)c2=O)c1COc1ccc2cccnc2c1. The van der Waals surface area contributed by atoms with Crippen LogP contribution in [0.3, 0.4) is 0 Å². The van der Waals surface area contributed by atoms with E-state index in [9.17, 15) is 4.79 Å². The van der Waals surface area contributed by atoms with Crippen molar-refractivity contribution in [1.29, 1.82) is 0 Å². The lowest BCUT2D eigenvalue weighted by molar-refractivity contribution is 0.305. The summed E-state index contributed by atoms with van der Waals surface area (Å²) in [6.45, 7) is 2.29. The van der Waals surface area contributed by atoms with Crippen LogP contribution in [0.15, 0.2) is 59.5 Å². The average Bonchev–Trinajstić information content (AvgIpc) is 2.99. The van der Waals surface area contributed by atoms with Gasteiger partial charge in [0.15, 0.2) is 0 Å². The van der Waals surface area contributed by atoms with Crippen molar-refractivity contribution in [2.75, 3.05) is 0 Å². The normalized spacial score (nSPS) is 11.0. The first-order valence-corrected chi connectivity index (χ1v) is 8.19. The second-order valence-electron chi connectivity index (χ2n) is 6.02. The molecule has 0 atom stereocenters. The van der Waals surface area contributed by atoms with E-state index in [1.165, 1.54) is 9.36 Å². The van der Waals surface area contributed by atoms with Crippen LogP contribution in [0.2, 0.25) is 0 Å². The summed E-state index contributed by atoms with van der Waals surface area (Å²) < 4.78 is 8.46. The summed E-state index contributed by atoms with van der Waals surface area (Å²) >= 11 is 0.